The minimum Gasteiger partial charge on any atom is -0.581 e. The fourth-order valence-corrected chi connectivity index (χ4v) is 2.70. The first-order valence-corrected chi connectivity index (χ1v) is 6.22. The Morgan fingerprint density at radius 2 is 2.33 bits per heavy atom. The molecule has 0 aliphatic carbocycles. The van der Waals surface area contributed by atoms with E-state index in [1.54, 1.807) is 0 Å². The van der Waals surface area contributed by atoms with Crippen LogP contribution in [0.2, 0.25) is 0 Å². The van der Waals surface area contributed by atoms with E-state index in [-0.39, 0.29) is 0 Å². The highest BCUT2D eigenvalue weighted by Crippen LogP contribution is 2.17. The normalized spacial score (nSPS) is 12.6. The minimum absolute atomic E-state index is 0.737. The van der Waals surface area contributed by atoms with Crippen LogP contribution in [0.1, 0.15) is 19.8 Å². The fraction of sp³-hybridized carbons (Fsp3) is 0.833. The van der Waals surface area contributed by atoms with Gasteiger partial charge in [-0.25, -0.2) is 4.79 Å². The minimum atomic E-state index is -1.45. The van der Waals surface area contributed by atoms with E-state index in [2.05, 4.69) is 0 Å². The van der Waals surface area contributed by atoms with Crippen molar-refractivity contribution in [2.24, 2.45) is 0 Å². The molecule has 0 heterocycles. The van der Waals surface area contributed by atoms with Crippen LogP contribution in [-0.2, 0) is 10.4 Å². The summed E-state index contributed by atoms with van der Waals surface area (Å²) in [5.41, 5.74) is 0. The first kappa shape index (κ1) is 11.9. The second-order valence-electron chi connectivity index (χ2n) is 2.17. The van der Waals surface area contributed by atoms with Crippen molar-refractivity contribution in [3.05, 3.63) is 0 Å². The van der Waals surface area contributed by atoms with E-state index in [0.29, 0.717) is 0 Å². The van der Waals surface area contributed by atoms with Crippen molar-refractivity contribution in [2.75, 3.05) is 12.8 Å². The Kier molecular flexibility index (Phi) is 6.41. The monoisotopic (exact) mass is 211 g/mol. The first-order chi connectivity index (χ1) is 5.59. The second kappa shape index (κ2) is 6.45. The Morgan fingerprint density at radius 3 is 2.75 bits per heavy atom. The summed E-state index contributed by atoms with van der Waals surface area (Å²) >= 11 is 0. The van der Waals surface area contributed by atoms with Gasteiger partial charge >= 0.3 is 6.09 Å². The highest BCUT2D eigenvalue weighted by molar-refractivity contribution is 8.71. The van der Waals surface area contributed by atoms with Crippen molar-refractivity contribution in [2.45, 2.75) is 19.8 Å². The van der Waals surface area contributed by atoms with E-state index < -0.39 is 16.5 Å². The van der Waals surface area contributed by atoms with Crippen LogP contribution in [0.3, 0.4) is 0 Å². The maximum absolute atomic E-state index is 11.1. The smallest absolute Gasteiger partial charge is 0.449 e. The predicted octanol–water partition coefficient (Wildman–Crippen LogP) is 1.71. The van der Waals surface area contributed by atoms with Crippen molar-refractivity contribution < 1.29 is 14.5 Å². The maximum atomic E-state index is 11.1. The molecule has 1 unspecified atom stereocenters. The molecule has 0 rings (SSSR count). The highest BCUT2D eigenvalue weighted by Gasteiger charge is 2.21. The second-order valence-corrected chi connectivity index (χ2v) is 5.36. The Morgan fingerprint density at radius 1 is 1.75 bits per heavy atom. The van der Waals surface area contributed by atoms with Crippen molar-refractivity contribution in [1.29, 1.82) is 0 Å². The molecule has 0 aromatic rings. The highest BCUT2D eigenvalue weighted by atomic mass is 33.1. The lowest BCUT2D eigenvalue weighted by Gasteiger charge is -2.14. The largest absolute Gasteiger partial charge is 0.581 e. The van der Waals surface area contributed by atoms with Gasteiger partial charge in [0.1, 0.15) is 21.2 Å². The van der Waals surface area contributed by atoms with Crippen LogP contribution in [0, 0.1) is 0 Å². The molecular weight excluding hydrogens is 198 g/mol. The fourth-order valence-electron chi connectivity index (χ4n) is 0.417. The van der Waals surface area contributed by atoms with Gasteiger partial charge in [0.2, 0.25) is 0 Å². The number of rotatable bonds is 5. The summed E-state index contributed by atoms with van der Waals surface area (Å²) in [5, 5.41) is 8.43. The molecule has 4 nitrogen and oxygen atoms in total. The SMILES string of the molecule is CCCCS[S+]([O-])N(C)C(=O)O. The van der Waals surface area contributed by atoms with Crippen molar-refractivity contribution in [3.63, 3.8) is 0 Å². The van der Waals surface area contributed by atoms with Crippen LogP contribution < -0.4 is 0 Å². The summed E-state index contributed by atoms with van der Waals surface area (Å²) in [6, 6.07) is 0. The zero-order valence-corrected chi connectivity index (χ0v) is 8.78. The van der Waals surface area contributed by atoms with Gasteiger partial charge in [-0.2, -0.15) is 0 Å². The number of nitrogens with zero attached hydrogens (tertiary/aromatic N) is 1. The van der Waals surface area contributed by atoms with Gasteiger partial charge in [-0.3, -0.25) is 0 Å². The summed E-state index contributed by atoms with van der Waals surface area (Å²) < 4.78 is 11.9. The van der Waals surface area contributed by atoms with Gasteiger partial charge in [-0.15, -0.1) is 4.31 Å². The van der Waals surface area contributed by atoms with Crippen molar-refractivity contribution in [1.82, 2.24) is 4.31 Å². The molecular formula is C6H13NO3S2. The Bertz CT molecular complexity index is 145. The number of hydrogen-bond donors (Lipinski definition) is 1. The topological polar surface area (TPSA) is 63.6 Å². The van der Waals surface area contributed by atoms with Crippen LogP contribution >= 0.6 is 10.8 Å². The van der Waals surface area contributed by atoms with Crippen LogP contribution in [0.5, 0.6) is 0 Å². The molecule has 0 aromatic carbocycles. The van der Waals surface area contributed by atoms with Crippen LogP contribution in [0.15, 0.2) is 0 Å². The number of carbonyl (C=O) groups is 1. The van der Waals surface area contributed by atoms with E-state index in [1.807, 2.05) is 6.92 Å². The summed E-state index contributed by atoms with van der Waals surface area (Å²) in [5.74, 6) is 0.737. The first-order valence-electron chi connectivity index (χ1n) is 3.61. The van der Waals surface area contributed by atoms with E-state index in [9.17, 15) is 9.35 Å². The average molecular weight is 211 g/mol. The van der Waals surface area contributed by atoms with E-state index in [4.69, 9.17) is 5.11 Å². The van der Waals surface area contributed by atoms with E-state index >= 15 is 0 Å². The van der Waals surface area contributed by atoms with E-state index in [0.717, 1.165) is 33.7 Å². The molecule has 1 N–H and O–H groups in total. The number of carboxylic acid groups (broad SMARTS) is 1. The Hall–Kier alpha value is -0.0700. The summed E-state index contributed by atoms with van der Waals surface area (Å²) in [4.78, 5) is 10.3. The molecule has 0 spiro atoms. The lowest BCUT2D eigenvalue weighted by Crippen LogP contribution is -2.29. The molecule has 0 radical (unpaired) electrons. The van der Waals surface area contributed by atoms with Crippen LogP contribution in [0.4, 0.5) is 4.79 Å². The maximum Gasteiger partial charge on any atom is 0.449 e. The lowest BCUT2D eigenvalue weighted by atomic mass is 10.4. The third kappa shape index (κ3) is 4.74. The van der Waals surface area contributed by atoms with Gasteiger partial charge in [-0.1, -0.05) is 13.3 Å². The van der Waals surface area contributed by atoms with Gasteiger partial charge in [0.05, 0.1) is 7.05 Å². The summed E-state index contributed by atoms with van der Waals surface area (Å²) in [6.45, 7) is 2.03. The zero-order chi connectivity index (χ0) is 9.56. The van der Waals surface area contributed by atoms with E-state index in [1.165, 1.54) is 7.05 Å². The third-order valence-corrected chi connectivity index (χ3v) is 4.21. The summed E-state index contributed by atoms with van der Waals surface area (Å²) in [6.07, 6.45) is 0.836. The number of hydrogen-bond acceptors (Lipinski definition) is 3. The Balaban J connectivity index is 3.56. The standard InChI is InChI=1S/C6H13NO3S2/c1-3-4-5-11-12(10)7(2)6(8)9/h3-5H2,1-2H3,(H,8,9). The predicted molar refractivity (Wildman–Crippen MR) is 51.3 cm³/mol. The third-order valence-electron chi connectivity index (χ3n) is 1.18. The lowest BCUT2D eigenvalue weighted by molar-refractivity contribution is 0.179. The Labute approximate surface area is 79.0 Å². The van der Waals surface area contributed by atoms with Crippen molar-refractivity contribution >= 4 is 27.3 Å². The molecule has 12 heavy (non-hydrogen) atoms. The molecule has 1 amide bonds. The molecule has 0 aromatic heterocycles. The summed E-state index contributed by atoms with van der Waals surface area (Å²) in [7, 11) is 1.01. The van der Waals surface area contributed by atoms with Gasteiger partial charge in [0.25, 0.3) is 0 Å². The van der Waals surface area contributed by atoms with Crippen LogP contribution in [0.25, 0.3) is 0 Å². The van der Waals surface area contributed by atoms with Crippen molar-refractivity contribution in [3.8, 4) is 0 Å². The van der Waals surface area contributed by atoms with Gasteiger partial charge in [-0.05, 0) is 6.42 Å². The molecule has 6 heteroatoms. The molecule has 0 saturated heterocycles. The zero-order valence-electron chi connectivity index (χ0n) is 7.15. The van der Waals surface area contributed by atoms with Gasteiger partial charge < -0.3 is 9.66 Å². The number of unbranched alkanes of at least 4 members (excludes halogenated alkanes) is 1. The molecule has 0 bridgehead atoms. The molecule has 0 fully saturated rings. The molecule has 72 valence electrons. The van der Waals surface area contributed by atoms with Gasteiger partial charge in [0.15, 0.2) is 0 Å². The molecule has 1 atom stereocenters. The van der Waals surface area contributed by atoms with Crippen LogP contribution in [-0.4, -0.2) is 32.9 Å². The van der Waals surface area contributed by atoms with Gasteiger partial charge in [0, 0.05) is 5.75 Å². The molecule has 0 aliphatic rings. The average Bonchev–Trinajstić information content (AvgIpc) is 2.03. The number of amides is 1. The quantitative estimate of drug-likeness (QED) is 0.427. The molecule has 0 saturated carbocycles. The molecule has 0 aliphatic heterocycles.